The number of hydrogen-bond acceptors (Lipinski definition) is 4. The fourth-order valence-corrected chi connectivity index (χ4v) is 4.10. The lowest BCUT2D eigenvalue weighted by molar-refractivity contribution is -0.0679. The van der Waals surface area contributed by atoms with Crippen LogP contribution in [0.2, 0.25) is 0 Å². The third-order valence-electron chi connectivity index (χ3n) is 4.23. The summed E-state index contributed by atoms with van der Waals surface area (Å²) in [5, 5.41) is 0. The van der Waals surface area contributed by atoms with Crippen LogP contribution in [0.3, 0.4) is 0 Å². The molecule has 23 heavy (non-hydrogen) atoms. The average molecular weight is 340 g/mol. The summed E-state index contributed by atoms with van der Waals surface area (Å²) in [7, 11) is -3.42. The van der Waals surface area contributed by atoms with Crippen LogP contribution >= 0.6 is 0 Å². The highest BCUT2D eigenvalue weighted by Crippen LogP contribution is 2.15. The standard InChI is InChI=1S/C17H28N2O3S/c1-13-6-7-17(10-14(13)2)23(20,21)18-8-5-9-19-11-15(3)22-16(4)12-19/h6-7,10,15-16,18H,5,8-9,11-12H2,1-4H3. The Balaban J connectivity index is 1.82. The van der Waals surface area contributed by atoms with Crippen LogP contribution in [-0.4, -0.2) is 51.7 Å². The zero-order valence-electron chi connectivity index (χ0n) is 14.5. The van der Waals surface area contributed by atoms with Gasteiger partial charge in [-0.15, -0.1) is 0 Å². The Hall–Kier alpha value is -0.950. The van der Waals surface area contributed by atoms with Crippen molar-refractivity contribution < 1.29 is 13.2 Å². The Morgan fingerprint density at radius 2 is 1.83 bits per heavy atom. The Kier molecular flexibility index (Phi) is 6.19. The molecule has 0 saturated carbocycles. The van der Waals surface area contributed by atoms with Gasteiger partial charge in [0.05, 0.1) is 17.1 Å². The molecule has 2 atom stereocenters. The van der Waals surface area contributed by atoms with Gasteiger partial charge in [-0.3, -0.25) is 4.90 Å². The zero-order chi connectivity index (χ0) is 17.0. The van der Waals surface area contributed by atoms with E-state index in [0.717, 1.165) is 37.2 Å². The molecule has 0 bridgehead atoms. The Morgan fingerprint density at radius 1 is 1.17 bits per heavy atom. The van der Waals surface area contributed by atoms with Crippen LogP contribution in [0.4, 0.5) is 0 Å². The Morgan fingerprint density at radius 3 is 2.43 bits per heavy atom. The molecule has 1 fully saturated rings. The van der Waals surface area contributed by atoms with E-state index >= 15 is 0 Å². The van der Waals surface area contributed by atoms with E-state index in [1.54, 1.807) is 12.1 Å². The van der Waals surface area contributed by atoms with Crippen molar-refractivity contribution in [2.24, 2.45) is 0 Å². The number of benzene rings is 1. The second kappa shape index (κ2) is 7.75. The number of ether oxygens (including phenoxy) is 1. The molecule has 1 aliphatic rings. The minimum Gasteiger partial charge on any atom is -0.373 e. The molecule has 0 aromatic heterocycles. The van der Waals surface area contributed by atoms with E-state index in [0.29, 0.717) is 11.4 Å². The average Bonchev–Trinajstić information content (AvgIpc) is 2.45. The number of nitrogens with one attached hydrogen (secondary N) is 1. The fourth-order valence-electron chi connectivity index (χ4n) is 2.94. The highest BCUT2D eigenvalue weighted by molar-refractivity contribution is 7.89. The fraction of sp³-hybridized carbons (Fsp3) is 0.647. The van der Waals surface area contributed by atoms with Crippen molar-refractivity contribution in [1.29, 1.82) is 0 Å². The molecule has 1 aliphatic heterocycles. The van der Waals surface area contributed by atoms with E-state index in [-0.39, 0.29) is 12.2 Å². The first-order valence-corrected chi connectivity index (χ1v) is 9.71. The summed E-state index contributed by atoms with van der Waals surface area (Å²) in [5.74, 6) is 0. The van der Waals surface area contributed by atoms with Gasteiger partial charge in [-0.2, -0.15) is 0 Å². The molecule has 2 unspecified atom stereocenters. The molecule has 0 radical (unpaired) electrons. The number of sulfonamides is 1. The third kappa shape index (κ3) is 5.28. The normalized spacial score (nSPS) is 23.1. The monoisotopic (exact) mass is 340 g/mol. The molecule has 1 saturated heterocycles. The highest BCUT2D eigenvalue weighted by Gasteiger charge is 2.21. The third-order valence-corrected chi connectivity index (χ3v) is 5.69. The van der Waals surface area contributed by atoms with Crippen LogP contribution < -0.4 is 4.72 Å². The van der Waals surface area contributed by atoms with Crippen LogP contribution in [0.5, 0.6) is 0 Å². The number of hydrogen-bond donors (Lipinski definition) is 1. The predicted molar refractivity (Wildman–Crippen MR) is 92.2 cm³/mol. The molecule has 1 aromatic carbocycles. The van der Waals surface area contributed by atoms with Crippen LogP contribution in [0, 0.1) is 13.8 Å². The molecule has 130 valence electrons. The summed E-state index contributed by atoms with van der Waals surface area (Å²) in [6.07, 6.45) is 1.28. The van der Waals surface area contributed by atoms with Crippen molar-refractivity contribution in [3.8, 4) is 0 Å². The SMILES string of the molecule is Cc1ccc(S(=O)(=O)NCCCN2CC(C)OC(C)C2)cc1C. The zero-order valence-corrected chi connectivity index (χ0v) is 15.3. The van der Waals surface area contributed by atoms with Crippen molar-refractivity contribution in [2.45, 2.75) is 51.2 Å². The van der Waals surface area contributed by atoms with E-state index in [1.165, 1.54) is 0 Å². The van der Waals surface area contributed by atoms with E-state index in [4.69, 9.17) is 4.74 Å². The molecule has 5 nitrogen and oxygen atoms in total. The maximum Gasteiger partial charge on any atom is 0.240 e. The maximum atomic E-state index is 12.3. The van der Waals surface area contributed by atoms with Gasteiger partial charge in [0, 0.05) is 19.6 Å². The molecule has 0 amide bonds. The largest absolute Gasteiger partial charge is 0.373 e. The summed E-state index contributed by atoms with van der Waals surface area (Å²) < 4.78 is 33.0. The molecular weight excluding hydrogens is 312 g/mol. The van der Waals surface area contributed by atoms with Gasteiger partial charge >= 0.3 is 0 Å². The predicted octanol–water partition coefficient (Wildman–Crippen LogP) is 2.08. The van der Waals surface area contributed by atoms with Crippen molar-refractivity contribution in [3.63, 3.8) is 0 Å². The lowest BCUT2D eigenvalue weighted by atomic mass is 10.1. The lowest BCUT2D eigenvalue weighted by Gasteiger charge is -2.35. The van der Waals surface area contributed by atoms with Crippen LogP contribution in [-0.2, 0) is 14.8 Å². The maximum absolute atomic E-state index is 12.3. The topological polar surface area (TPSA) is 58.6 Å². The summed E-state index contributed by atoms with van der Waals surface area (Å²) >= 11 is 0. The van der Waals surface area contributed by atoms with Crippen molar-refractivity contribution in [2.75, 3.05) is 26.2 Å². The molecule has 0 aliphatic carbocycles. The van der Waals surface area contributed by atoms with E-state index in [9.17, 15) is 8.42 Å². The number of rotatable bonds is 6. The highest BCUT2D eigenvalue weighted by atomic mass is 32.2. The van der Waals surface area contributed by atoms with Gasteiger partial charge in [-0.05, 0) is 63.9 Å². The van der Waals surface area contributed by atoms with Gasteiger partial charge in [0.15, 0.2) is 0 Å². The van der Waals surface area contributed by atoms with E-state index in [1.807, 2.05) is 19.9 Å². The van der Waals surface area contributed by atoms with Crippen LogP contribution in [0.15, 0.2) is 23.1 Å². The minimum absolute atomic E-state index is 0.242. The summed E-state index contributed by atoms with van der Waals surface area (Å²) in [6, 6.07) is 5.24. The molecule has 1 heterocycles. The smallest absolute Gasteiger partial charge is 0.240 e. The Labute approximate surface area is 140 Å². The summed E-state index contributed by atoms with van der Waals surface area (Å²) in [5.41, 5.74) is 2.09. The molecule has 2 rings (SSSR count). The number of aryl methyl sites for hydroxylation is 2. The minimum atomic E-state index is -3.42. The molecule has 1 aromatic rings. The molecule has 0 spiro atoms. The molecule has 6 heteroatoms. The van der Waals surface area contributed by atoms with E-state index in [2.05, 4.69) is 23.5 Å². The van der Waals surface area contributed by atoms with Gasteiger partial charge in [-0.25, -0.2) is 13.1 Å². The first-order chi connectivity index (χ1) is 10.8. The van der Waals surface area contributed by atoms with Gasteiger partial charge in [0.25, 0.3) is 0 Å². The Bertz CT molecular complexity index is 621. The molecular formula is C17H28N2O3S. The summed E-state index contributed by atoms with van der Waals surface area (Å²) in [6.45, 7) is 11.2. The summed E-state index contributed by atoms with van der Waals surface area (Å²) in [4.78, 5) is 2.68. The second-order valence-electron chi connectivity index (χ2n) is 6.51. The van der Waals surface area contributed by atoms with Gasteiger partial charge in [0.1, 0.15) is 0 Å². The lowest BCUT2D eigenvalue weighted by Crippen LogP contribution is -2.46. The second-order valence-corrected chi connectivity index (χ2v) is 8.28. The van der Waals surface area contributed by atoms with Crippen LogP contribution in [0.1, 0.15) is 31.4 Å². The van der Waals surface area contributed by atoms with E-state index < -0.39 is 10.0 Å². The quantitative estimate of drug-likeness (QED) is 0.806. The molecule has 1 N–H and O–H groups in total. The van der Waals surface area contributed by atoms with Crippen molar-refractivity contribution >= 4 is 10.0 Å². The van der Waals surface area contributed by atoms with Crippen LogP contribution in [0.25, 0.3) is 0 Å². The van der Waals surface area contributed by atoms with Gasteiger partial charge < -0.3 is 4.74 Å². The van der Waals surface area contributed by atoms with Crippen molar-refractivity contribution in [1.82, 2.24) is 9.62 Å². The van der Waals surface area contributed by atoms with Gasteiger partial charge in [-0.1, -0.05) is 6.07 Å². The first kappa shape index (κ1) is 18.4. The van der Waals surface area contributed by atoms with Gasteiger partial charge in [0.2, 0.25) is 10.0 Å². The van der Waals surface area contributed by atoms with Crippen molar-refractivity contribution in [3.05, 3.63) is 29.3 Å². The first-order valence-electron chi connectivity index (χ1n) is 8.22. The number of nitrogens with zero attached hydrogens (tertiary/aromatic N) is 1. The number of morpholine rings is 1.